The van der Waals surface area contributed by atoms with E-state index >= 15 is 0 Å². The Kier molecular flexibility index (Phi) is 4.20. The van der Waals surface area contributed by atoms with Crippen LogP contribution in [0.5, 0.6) is 11.5 Å². The first-order chi connectivity index (χ1) is 14.6. The molecule has 0 radical (unpaired) electrons. The number of rotatable bonds is 4. The predicted molar refractivity (Wildman–Crippen MR) is 107 cm³/mol. The number of fused-ring (bicyclic) bond motifs is 2. The number of aromatic nitrogens is 4. The van der Waals surface area contributed by atoms with Crippen LogP contribution >= 0.6 is 0 Å². The number of nitrogens with zero attached hydrogens (tertiary/aromatic N) is 4. The third kappa shape index (κ3) is 2.96. The fourth-order valence-electron chi connectivity index (χ4n) is 3.44. The zero-order valence-electron chi connectivity index (χ0n) is 16.0. The van der Waals surface area contributed by atoms with Gasteiger partial charge in [-0.25, -0.2) is 9.50 Å². The van der Waals surface area contributed by atoms with Crippen molar-refractivity contribution in [2.24, 2.45) is 0 Å². The summed E-state index contributed by atoms with van der Waals surface area (Å²) >= 11 is 0. The van der Waals surface area contributed by atoms with Crippen LogP contribution < -0.4 is 20.3 Å². The van der Waals surface area contributed by atoms with Crippen LogP contribution in [0.25, 0.3) is 11.3 Å². The Morgan fingerprint density at radius 1 is 1.17 bits per heavy atom. The van der Waals surface area contributed by atoms with Gasteiger partial charge in [0.25, 0.3) is 11.5 Å². The lowest BCUT2D eigenvalue weighted by Gasteiger charge is -2.12. The summed E-state index contributed by atoms with van der Waals surface area (Å²) in [4.78, 5) is 30.1. The number of amides is 1. The summed E-state index contributed by atoms with van der Waals surface area (Å²) in [6.45, 7) is 2.09. The van der Waals surface area contributed by atoms with Crippen molar-refractivity contribution >= 4 is 11.6 Å². The molecule has 1 aliphatic rings. The Hall–Kier alpha value is -4.14. The third-order valence-electron chi connectivity index (χ3n) is 4.97. The van der Waals surface area contributed by atoms with Crippen LogP contribution in [0, 0.1) is 6.92 Å². The van der Waals surface area contributed by atoms with E-state index in [1.807, 2.05) is 18.2 Å². The van der Waals surface area contributed by atoms with Crippen LogP contribution in [0.2, 0.25) is 0 Å². The van der Waals surface area contributed by atoms with E-state index in [0.29, 0.717) is 28.4 Å². The zero-order valence-corrected chi connectivity index (χ0v) is 16.0. The molecule has 9 nitrogen and oxygen atoms in total. The first-order valence-electron chi connectivity index (χ1n) is 9.30. The predicted octanol–water partition coefficient (Wildman–Crippen LogP) is 1.85. The van der Waals surface area contributed by atoms with Crippen molar-refractivity contribution < 1.29 is 14.3 Å². The number of benzene rings is 1. The van der Waals surface area contributed by atoms with Gasteiger partial charge in [0.2, 0.25) is 6.79 Å². The van der Waals surface area contributed by atoms with Crippen LogP contribution in [0.15, 0.2) is 59.8 Å². The van der Waals surface area contributed by atoms with Crippen molar-refractivity contribution in [1.82, 2.24) is 24.5 Å². The van der Waals surface area contributed by atoms with E-state index in [-0.39, 0.29) is 18.9 Å². The Bertz CT molecular complexity index is 1340. The van der Waals surface area contributed by atoms with E-state index in [1.54, 1.807) is 41.9 Å². The molecule has 30 heavy (non-hydrogen) atoms. The minimum absolute atomic E-state index is 0.0842. The summed E-state index contributed by atoms with van der Waals surface area (Å²) in [5.41, 5.74) is 2.29. The summed E-state index contributed by atoms with van der Waals surface area (Å²) in [5.74, 6) is 0.732. The fraction of sp³-hybridized carbons (Fsp3) is 0.143. The number of hydrogen-bond donors (Lipinski definition) is 1. The van der Waals surface area contributed by atoms with E-state index in [4.69, 9.17) is 9.47 Å². The summed E-state index contributed by atoms with van der Waals surface area (Å²) in [6, 6.07) is 12.4. The lowest BCUT2D eigenvalue weighted by Crippen LogP contribution is -2.33. The van der Waals surface area contributed by atoms with E-state index in [2.05, 4.69) is 15.4 Å². The molecule has 0 fully saturated rings. The van der Waals surface area contributed by atoms with Gasteiger partial charge in [-0.3, -0.25) is 14.2 Å². The zero-order chi connectivity index (χ0) is 20.7. The fourth-order valence-corrected chi connectivity index (χ4v) is 3.44. The summed E-state index contributed by atoms with van der Waals surface area (Å²) in [5, 5.41) is 6.97. The molecular weight excluding hydrogens is 386 g/mol. The monoisotopic (exact) mass is 403 g/mol. The number of pyridine rings is 2. The minimum Gasteiger partial charge on any atom is -0.454 e. The van der Waals surface area contributed by atoms with Crippen molar-refractivity contribution in [3.05, 3.63) is 82.2 Å². The van der Waals surface area contributed by atoms with Crippen molar-refractivity contribution in [3.8, 4) is 17.2 Å². The van der Waals surface area contributed by atoms with Crippen LogP contribution in [0.4, 0.5) is 0 Å². The van der Waals surface area contributed by atoms with E-state index in [9.17, 15) is 9.59 Å². The van der Waals surface area contributed by atoms with Crippen molar-refractivity contribution in [3.63, 3.8) is 0 Å². The van der Waals surface area contributed by atoms with Crippen molar-refractivity contribution in [2.45, 2.75) is 13.5 Å². The molecule has 4 heterocycles. The average Bonchev–Trinajstić information content (AvgIpc) is 3.41. The maximum Gasteiger partial charge on any atom is 0.268 e. The molecule has 0 saturated carbocycles. The molecule has 4 aromatic rings. The number of carbonyl (C=O) groups excluding carboxylic acids is 1. The highest BCUT2D eigenvalue weighted by Gasteiger charge is 2.19. The average molecular weight is 403 g/mol. The van der Waals surface area contributed by atoms with Gasteiger partial charge in [-0.05, 0) is 42.8 Å². The number of aryl methyl sites for hydroxylation is 1. The summed E-state index contributed by atoms with van der Waals surface area (Å²) < 4.78 is 13.8. The van der Waals surface area contributed by atoms with Crippen LogP contribution in [0.3, 0.4) is 0 Å². The number of nitrogens with one attached hydrogen (secondary N) is 1. The number of hydrogen-bond acceptors (Lipinski definition) is 6. The molecule has 1 amide bonds. The maximum atomic E-state index is 13.1. The standard InChI is InChI=1S/C21H17N5O4/c1-13-7-8-25(14-5-6-16-17(9-14)30-12-29-16)21(28)19(13)20(27)22-10-15-3-2-4-18-23-11-24-26(15)18/h2-9,11H,10,12H2,1H3,(H,22,27). The molecule has 150 valence electrons. The van der Waals surface area contributed by atoms with E-state index < -0.39 is 11.5 Å². The van der Waals surface area contributed by atoms with Gasteiger partial charge < -0.3 is 14.8 Å². The lowest BCUT2D eigenvalue weighted by molar-refractivity contribution is 0.0947. The topological polar surface area (TPSA) is 99.8 Å². The molecule has 1 aliphatic heterocycles. The number of ether oxygens (including phenoxy) is 2. The largest absolute Gasteiger partial charge is 0.454 e. The summed E-state index contributed by atoms with van der Waals surface area (Å²) in [7, 11) is 0. The third-order valence-corrected chi connectivity index (χ3v) is 4.97. The molecule has 3 aromatic heterocycles. The smallest absolute Gasteiger partial charge is 0.268 e. The molecule has 0 spiro atoms. The van der Waals surface area contributed by atoms with Gasteiger partial charge >= 0.3 is 0 Å². The van der Waals surface area contributed by atoms with Crippen molar-refractivity contribution in [1.29, 1.82) is 0 Å². The molecule has 0 atom stereocenters. The molecule has 5 rings (SSSR count). The van der Waals surface area contributed by atoms with Gasteiger partial charge in [0.05, 0.1) is 17.9 Å². The second-order valence-electron chi connectivity index (χ2n) is 6.82. The molecule has 9 heteroatoms. The van der Waals surface area contributed by atoms with Gasteiger partial charge in [-0.2, -0.15) is 5.10 Å². The molecular formula is C21H17N5O4. The van der Waals surface area contributed by atoms with Crippen LogP contribution in [-0.2, 0) is 6.54 Å². The lowest BCUT2D eigenvalue weighted by atomic mass is 10.1. The van der Waals surface area contributed by atoms with E-state index in [1.165, 1.54) is 10.9 Å². The number of carbonyl (C=O) groups is 1. The molecule has 0 aliphatic carbocycles. The molecule has 0 bridgehead atoms. The Morgan fingerprint density at radius 2 is 2.03 bits per heavy atom. The van der Waals surface area contributed by atoms with E-state index in [0.717, 1.165) is 5.69 Å². The molecule has 1 aromatic carbocycles. The molecule has 1 N–H and O–H groups in total. The van der Waals surface area contributed by atoms with Crippen LogP contribution in [0.1, 0.15) is 21.6 Å². The molecule has 0 saturated heterocycles. The van der Waals surface area contributed by atoms with Gasteiger partial charge in [-0.15, -0.1) is 0 Å². The van der Waals surface area contributed by atoms with Crippen LogP contribution in [-0.4, -0.2) is 31.9 Å². The normalized spacial score (nSPS) is 12.3. The van der Waals surface area contributed by atoms with Gasteiger partial charge in [0.1, 0.15) is 11.9 Å². The minimum atomic E-state index is -0.454. The molecule has 0 unspecified atom stereocenters. The SMILES string of the molecule is Cc1ccn(-c2ccc3c(c2)OCO3)c(=O)c1C(=O)NCc1cccc2ncnn12. The van der Waals surface area contributed by atoms with Gasteiger partial charge in [-0.1, -0.05) is 6.07 Å². The van der Waals surface area contributed by atoms with Gasteiger partial charge in [0, 0.05) is 12.3 Å². The highest BCUT2D eigenvalue weighted by molar-refractivity contribution is 5.95. The second-order valence-corrected chi connectivity index (χ2v) is 6.82. The summed E-state index contributed by atoms with van der Waals surface area (Å²) in [6.07, 6.45) is 3.09. The first kappa shape index (κ1) is 17.9. The Labute approximate surface area is 170 Å². The first-order valence-corrected chi connectivity index (χ1v) is 9.30. The van der Waals surface area contributed by atoms with Gasteiger partial charge in [0.15, 0.2) is 17.1 Å². The second kappa shape index (κ2) is 7.03. The maximum absolute atomic E-state index is 13.1. The van der Waals surface area contributed by atoms with Crippen molar-refractivity contribution in [2.75, 3.05) is 6.79 Å². The quantitative estimate of drug-likeness (QED) is 0.558. The highest BCUT2D eigenvalue weighted by Crippen LogP contribution is 2.33. The Balaban J connectivity index is 1.45. The Morgan fingerprint density at radius 3 is 2.93 bits per heavy atom. The highest BCUT2D eigenvalue weighted by atomic mass is 16.7.